The number of rotatable bonds is 11. The van der Waals surface area contributed by atoms with Crippen LogP contribution in [0.1, 0.15) is 64.4 Å². The monoisotopic (exact) mass is 421 g/mol. The second kappa shape index (κ2) is 11.3. The molecule has 0 amide bonds. The summed E-state index contributed by atoms with van der Waals surface area (Å²) in [4.78, 5) is 2.17. The van der Waals surface area contributed by atoms with Crippen LogP contribution in [0.15, 0.2) is 66.4 Å². The maximum Gasteiger partial charge on any atom is 0.123 e. The number of hydrogen-bond acceptors (Lipinski definition) is 3. The molecule has 2 unspecified atom stereocenters. The summed E-state index contributed by atoms with van der Waals surface area (Å²) in [7, 11) is 2.08. The lowest BCUT2D eigenvalue weighted by atomic mass is 9.62. The average molecular weight is 422 g/mol. The summed E-state index contributed by atoms with van der Waals surface area (Å²) in [6.45, 7) is 6.04. The van der Waals surface area contributed by atoms with Crippen molar-refractivity contribution in [1.29, 1.82) is 0 Å². The molecule has 3 nitrogen and oxygen atoms in total. The molecule has 168 valence electrons. The van der Waals surface area contributed by atoms with Crippen LogP contribution in [0.25, 0.3) is 0 Å². The van der Waals surface area contributed by atoms with E-state index in [0.29, 0.717) is 12.4 Å². The number of nitrogens with zero attached hydrogens (tertiary/aromatic N) is 1. The molecule has 0 saturated carbocycles. The van der Waals surface area contributed by atoms with Gasteiger partial charge in [0.15, 0.2) is 0 Å². The fourth-order valence-corrected chi connectivity index (χ4v) is 4.80. The molecule has 3 rings (SSSR count). The van der Waals surface area contributed by atoms with Crippen LogP contribution in [-0.2, 0) is 5.41 Å². The summed E-state index contributed by atoms with van der Waals surface area (Å²) < 4.78 is 5.95. The van der Waals surface area contributed by atoms with Crippen LogP contribution >= 0.6 is 0 Å². The Labute approximate surface area is 188 Å². The Morgan fingerprint density at radius 2 is 1.90 bits per heavy atom. The Morgan fingerprint density at radius 3 is 2.61 bits per heavy atom. The zero-order chi connectivity index (χ0) is 22.1. The van der Waals surface area contributed by atoms with E-state index in [1.165, 1.54) is 37.7 Å². The van der Waals surface area contributed by atoms with Gasteiger partial charge in [-0.05, 0) is 42.7 Å². The minimum absolute atomic E-state index is 0.289. The lowest BCUT2D eigenvalue weighted by Crippen LogP contribution is -2.36. The van der Waals surface area contributed by atoms with Crippen LogP contribution in [0, 0.1) is 5.92 Å². The lowest BCUT2D eigenvalue weighted by Gasteiger charge is -2.42. The van der Waals surface area contributed by atoms with Gasteiger partial charge in [0.2, 0.25) is 0 Å². The molecule has 0 radical (unpaired) electrons. The zero-order valence-electron chi connectivity index (χ0n) is 19.5. The highest BCUT2D eigenvalue weighted by Gasteiger charge is 2.41. The van der Waals surface area contributed by atoms with Gasteiger partial charge in [0.05, 0.1) is 6.61 Å². The van der Waals surface area contributed by atoms with E-state index in [-0.39, 0.29) is 11.3 Å². The molecule has 2 atom stereocenters. The molecule has 1 aliphatic carbocycles. The molecule has 0 bridgehead atoms. The number of ether oxygens (including phenoxy) is 1. The number of aromatic hydroxyl groups is 1. The van der Waals surface area contributed by atoms with E-state index in [9.17, 15) is 5.11 Å². The Kier molecular flexibility index (Phi) is 8.45. The van der Waals surface area contributed by atoms with Crippen molar-refractivity contribution in [3.63, 3.8) is 0 Å². The van der Waals surface area contributed by atoms with Gasteiger partial charge >= 0.3 is 0 Å². The molecule has 1 N–H and O–H groups in total. The van der Waals surface area contributed by atoms with E-state index in [1.54, 1.807) is 6.07 Å². The van der Waals surface area contributed by atoms with Gasteiger partial charge in [-0.3, -0.25) is 0 Å². The standard InChI is InChI=1S/C28H39NO2/c1-4-6-7-8-9-12-21-31-25-14-15-26(27(30)22-25)28(18-11-10-13-23(28)5-2)24-16-19-29(3)20-17-24/h10-11,13-19,22-23,30H,4-9,12,20-21H2,1-3H3. The van der Waals surface area contributed by atoms with E-state index < -0.39 is 0 Å². The maximum absolute atomic E-state index is 11.1. The number of benzene rings is 1. The molecule has 1 aromatic carbocycles. The third kappa shape index (κ3) is 5.44. The fraction of sp³-hybridized carbons (Fsp3) is 0.500. The Hall–Kier alpha value is -2.42. The smallest absolute Gasteiger partial charge is 0.123 e. The molecule has 3 heteroatoms. The Bertz CT molecular complexity index is 835. The summed E-state index contributed by atoms with van der Waals surface area (Å²) >= 11 is 0. The Morgan fingerprint density at radius 1 is 1.10 bits per heavy atom. The van der Waals surface area contributed by atoms with Crippen molar-refractivity contribution in [3.8, 4) is 11.5 Å². The van der Waals surface area contributed by atoms with E-state index in [2.05, 4.69) is 74.5 Å². The normalized spacial score (nSPS) is 22.6. The number of hydrogen-bond donors (Lipinski definition) is 1. The highest BCUT2D eigenvalue weighted by molar-refractivity contribution is 5.57. The molecule has 1 heterocycles. The first kappa shape index (κ1) is 23.2. The summed E-state index contributed by atoms with van der Waals surface area (Å²) in [6, 6.07) is 5.88. The van der Waals surface area contributed by atoms with E-state index >= 15 is 0 Å². The topological polar surface area (TPSA) is 32.7 Å². The van der Waals surface area contributed by atoms with Crippen molar-refractivity contribution in [1.82, 2.24) is 4.90 Å². The Balaban J connectivity index is 1.77. The maximum atomic E-state index is 11.1. The highest BCUT2D eigenvalue weighted by atomic mass is 16.5. The molecule has 0 fully saturated rings. The van der Waals surface area contributed by atoms with Crippen molar-refractivity contribution >= 4 is 0 Å². The van der Waals surface area contributed by atoms with Gasteiger partial charge in [0.25, 0.3) is 0 Å². The molecule has 0 saturated heterocycles. The minimum atomic E-state index is -0.358. The predicted molar refractivity (Wildman–Crippen MR) is 131 cm³/mol. The molecular formula is C28H39NO2. The van der Waals surface area contributed by atoms with Gasteiger partial charge in [0, 0.05) is 30.6 Å². The van der Waals surface area contributed by atoms with E-state index in [4.69, 9.17) is 4.74 Å². The first-order valence-corrected chi connectivity index (χ1v) is 12.0. The van der Waals surface area contributed by atoms with Crippen LogP contribution in [-0.4, -0.2) is 30.2 Å². The van der Waals surface area contributed by atoms with Crippen molar-refractivity contribution in [2.45, 2.75) is 64.2 Å². The zero-order valence-corrected chi connectivity index (χ0v) is 19.5. The third-order valence-corrected chi connectivity index (χ3v) is 6.61. The van der Waals surface area contributed by atoms with Gasteiger partial charge < -0.3 is 14.7 Å². The lowest BCUT2D eigenvalue weighted by molar-refractivity contribution is 0.302. The van der Waals surface area contributed by atoms with Gasteiger partial charge in [-0.25, -0.2) is 0 Å². The van der Waals surface area contributed by atoms with Gasteiger partial charge in [0.1, 0.15) is 11.5 Å². The molecule has 2 aliphatic rings. The van der Waals surface area contributed by atoms with Crippen molar-refractivity contribution in [2.75, 3.05) is 20.2 Å². The first-order valence-electron chi connectivity index (χ1n) is 12.0. The predicted octanol–water partition coefficient (Wildman–Crippen LogP) is 6.91. The van der Waals surface area contributed by atoms with Crippen molar-refractivity contribution < 1.29 is 9.84 Å². The van der Waals surface area contributed by atoms with Crippen molar-refractivity contribution in [3.05, 3.63) is 72.0 Å². The van der Waals surface area contributed by atoms with E-state index in [0.717, 1.165) is 30.7 Å². The first-order chi connectivity index (χ1) is 15.1. The highest BCUT2D eigenvalue weighted by Crippen LogP contribution is 2.49. The largest absolute Gasteiger partial charge is 0.507 e. The van der Waals surface area contributed by atoms with Crippen LogP contribution in [0.2, 0.25) is 0 Å². The van der Waals surface area contributed by atoms with Crippen LogP contribution < -0.4 is 4.74 Å². The second-order valence-electron chi connectivity index (χ2n) is 8.84. The SMILES string of the molecule is CCCCCCCCOc1ccc(C2(C3=CCN(C)C=C3)C=CC=CC2CC)c(O)c1. The van der Waals surface area contributed by atoms with E-state index in [1.807, 2.05) is 6.07 Å². The van der Waals surface area contributed by atoms with Crippen LogP contribution in [0.3, 0.4) is 0 Å². The number of allylic oxidation sites excluding steroid dienone is 6. The quantitative estimate of drug-likeness (QED) is 0.394. The number of unbranched alkanes of at least 4 members (excludes halogenated alkanes) is 5. The third-order valence-electron chi connectivity index (χ3n) is 6.61. The molecule has 1 aromatic rings. The summed E-state index contributed by atoms with van der Waals surface area (Å²) in [5.41, 5.74) is 1.84. The molecular weight excluding hydrogens is 382 g/mol. The van der Waals surface area contributed by atoms with Gasteiger partial charge in [-0.2, -0.15) is 0 Å². The van der Waals surface area contributed by atoms with Crippen LogP contribution in [0.5, 0.6) is 11.5 Å². The van der Waals surface area contributed by atoms with Gasteiger partial charge in [-0.15, -0.1) is 0 Å². The summed E-state index contributed by atoms with van der Waals surface area (Å²) in [5, 5.41) is 11.1. The molecule has 31 heavy (non-hydrogen) atoms. The summed E-state index contributed by atoms with van der Waals surface area (Å²) in [5.74, 6) is 1.35. The van der Waals surface area contributed by atoms with Gasteiger partial charge in [-0.1, -0.05) is 82.4 Å². The summed E-state index contributed by atoms with van der Waals surface area (Å²) in [6.07, 6.45) is 23.8. The minimum Gasteiger partial charge on any atom is -0.507 e. The average Bonchev–Trinajstić information content (AvgIpc) is 2.79. The number of phenols is 1. The molecule has 0 spiro atoms. The molecule has 0 aromatic heterocycles. The fourth-order valence-electron chi connectivity index (χ4n) is 4.80. The second-order valence-corrected chi connectivity index (χ2v) is 8.84. The van der Waals surface area contributed by atoms with Crippen molar-refractivity contribution in [2.24, 2.45) is 5.92 Å². The number of phenolic OH excluding ortho intramolecular Hbond substituents is 1. The van der Waals surface area contributed by atoms with Crippen LogP contribution in [0.4, 0.5) is 0 Å². The number of likely N-dealkylation sites (N-methyl/N-ethyl adjacent to an activating group) is 1. The molecule has 1 aliphatic heterocycles.